The summed E-state index contributed by atoms with van der Waals surface area (Å²) >= 11 is 2.00. The number of carbonyl (C=O) groups is 1. The lowest BCUT2D eigenvalue weighted by molar-refractivity contribution is 0.0956. The van der Waals surface area contributed by atoms with Gasteiger partial charge in [0, 0.05) is 23.1 Å². The monoisotopic (exact) mass is 293 g/mol. The van der Waals surface area contributed by atoms with E-state index in [4.69, 9.17) is 4.74 Å². The van der Waals surface area contributed by atoms with Gasteiger partial charge in [-0.3, -0.25) is 4.79 Å². The average molecular weight is 293 g/mol. The average Bonchev–Trinajstić information content (AvgIpc) is 2.52. The Morgan fingerprint density at radius 2 is 2.15 bits per heavy atom. The van der Waals surface area contributed by atoms with Crippen LogP contribution in [0.25, 0.3) is 0 Å². The van der Waals surface area contributed by atoms with Crippen molar-refractivity contribution in [3.63, 3.8) is 0 Å². The molecule has 0 aliphatic heterocycles. The standard InChI is InChI=1S/C16H23NO2S/c1-19-14-7-5-6-13(12-14)16(18)17-10-11-20-15-8-3-2-4-9-15/h5-7,12,15H,2-4,8-11H2,1H3,(H,17,18). The number of methoxy groups -OCH3 is 1. The Morgan fingerprint density at radius 1 is 1.35 bits per heavy atom. The second-order valence-corrected chi connectivity index (χ2v) is 6.53. The fraction of sp³-hybridized carbons (Fsp3) is 0.562. The summed E-state index contributed by atoms with van der Waals surface area (Å²) < 4.78 is 5.13. The highest BCUT2D eigenvalue weighted by molar-refractivity contribution is 7.99. The summed E-state index contributed by atoms with van der Waals surface area (Å²) in [4.78, 5) is 12.0. The van der Waals surface area contributed by atoms with Gasteiger partial charge in [-0.1, -0.05) is 25.3 Å². The minimum Gasteiger partial charge on any atom is -0.497 e. The minimum absolute atomic E-state index is 0.0202. The van der Waals surface area contributed by atoms with Crippen LogP contribution in [0.2, 0.25) is 0 Å². The fourth-order valence-electron chi connectivity index (χ4n) is 2.49. The molecule has 20 heavy (non-hydrogen) atoms. The van der Waals surface area contributed by atoms with Crippen LogP contribution < -0.4 is 10.1 Å². The van der Waals surface area contributed by atoms with E-state index in [9.17, 15) is 4.79 Å². The molecule has 0 heterocycles. The molecule has 4 heteroatoms. The molecule has 110 valence electrons. The third kappa shape index (κ3) is 4.75. The summed E-state index contributed by atoms with van der Waals surface area (Å²) in [5.41, 5.74) is 0.659. The molecule has 1 N–H and O–H groups in total. The molecule has 0 unspecified atom stereocenters. The summed E-state index contributed by atoms with van der Waals surface area (Å²) in [7, 11) is 1.61. The molecule has 1 fully saturated rings. The van der Waals surface area contributed by atoms with Gasteiger partial charge in [0.1, 0.15) is 5.75 Å². The van der Waals surface area contributed by atoms with Gasteiger partial charge >= 0.3 is 0 Å². The smallest absolute Gasteiger partial charge is 0.251 e. The summed E-state index contributed by atoms with van der Waals surface area (Å²) in [5.74, 6) is 1.70. The van der Waals surface area contributed by atoms with Crippen molar-refractivity contribution in [2.45, 2.75) is 37.4 Å². The van der Waals surface area contributed by atoms with Gasteiger partial charge in [-0.25, -0.2) is 0 Å². The lowest BCUT2D eigenvalue weighted by atomic mass is 10.0. The van der Waals surface area contributed by atoms with Crippen LogP contribution in [-0.2, 0) is 0 Å². The van der Waals surface area contributed by atoms with E-state index in [1.807, 2.05) is 30.0 Å². The Labute approximate surface area is 125 Å². The number of nitrogens with one attached hydrogen (secondary N) is 1. The van der Waals surface area contributed by atoms with E-state index >= 15 is 0 Å². The normalized spacial score (nSPS) is 15.8. The molecule has 0 saturated heterocycles. The lowest BCUT2D eigenvalue weighted by Crippen LogP contribution is -2.26. The van der Waals surface area contributed by atoms with Crippen LogP contribution in [0.5, 0.6) is 5.75 Å². The van der Waals surface area contributed by atoms with Gasteiger partial charge in [0.05, 0.1) is 7.11 Å². The zero-order valence-corrected chi connectivity index (χ0v) is 12.9. The highest BCUT2D eigenvalue weighted by atomic mass is 32.2. The van der Waals surface area contributed by atoms with Crippen molar-refractivity contribution in [1.29, 1.82) is 0 Å². The van der Waals surface area contributed by atoms with E-state index in [2.05, 4.69) is 5.32 Å². The Bertz CT molecular complexity index is 430. The largest absolute Gasteiger partial charge is 0.497 e. The first-order valence-corrected chi connectivity index (χ1v) is 8.38. The van der Waals surface area contributed by atoms with Gasteiger partial charge in [0.2, 0.25) is 0 Å². The maximum absolute atomic E-state index is 12.0. The summed E-state index contributed by atoms with van der Waals surface area (Å²) in [6.07, 6.45) is 6.81. The maximum atomic E-state index is 12.0. The van der Waals surface area contributed by atoms with Gasteiger partial charge in [-0.2, -0.15) is 11.8 Å². The number of ether oxygens (including phenoxy) is 1. The molecular formula is C16H23NO2S. The van der Waals surface area contributed by atoms with Crippen molar-refractivity contribution in [3.8, 4) is 5.75 Å². The molecule has 0 atom stereocenters. The summed E-state index contributed by atoms with van der Waals surface area (Å²) in [6, 6.07) is 7.26. The van der Waals surface area contributed by atoms with Crippen LogP contribution in [0.15, 0.2) is 24.3 Å². The molecule has 1 aliphatic rings. The minimum atomic E-state index is -0.0202. The second-order valence-electron chi connectivity index (χ2n) is 5.12. The van der Waals surface area contributed by atoms with Crippen molar-refractivity contribution in [2.24, 2.45) is 0 Å². The topological polar surface area (TPSA) is 38.3 Å². The highest BCUT2D eigenvalue weighted by Gasteiger charge is 2.13. The number of carbonyl (C=O) groups excluding carboxylic acids is 1. The summed E-state index contributed by atoms with van der Waals surface area (Å²) in [5, 5.41) is 3.78. The van der Waals surface area contributed by atoms with E-state index in [0.29, 0.717) is 11.3 Å². The van der Waals surface area contributed by atoms with Gasteiger partial charge in [0.25, 0.3) is 5.91 Å². The van der Waals surface area contributed by atoms with E-state index in [-0.39, 0.29) is 5.91 Å². The Kier molecular flexibility index (Phi) is 6.25. The summed E-state index contributed by atoms with van der Waals surface area (Å²) in [6.45, 7) is 0.733. The molecule has 0 radical (unpaired) electrons. The van der Waals surface area contributed by atoms with E-state index in [1.54, 1.807) is 13.2 Å². The first-order valence-electron chi connectivity index (χ1n) is 7.33. The molecule has 0 aromatic heterocycles. The lowest BCUT2D eigenvalue weighted by Gasteiger charge is -2.20. The molecule has 3 nitrogen and oxygen atoms in total. The van der Waals surface area contributed by atoms with Crippen LogP contribution in [-0.4, -0.2) is 30.6 Å². The zero-order valence-electron chi connectivity index (χ0n) is 12.1. The van der Waals surface area contributed by atoms with Crippen molar-refractivity contribution < 1.29 is 9.53 Å². The Hall–Kier alpha value is -1.16. The van der Waals surface area contributed by atoms with Crippen molar-refractivity contribution in [2.75, 3.05) is 19.4 Å². The van der Waals surface area contributed by atoms with Crippen LogP contribution in [0.1, 0.15) is 42.5 Å². The Morgan fingerprint density at radius 3 is 2.90 bits per heavy atom. The molecule has 2 rings (SSSR count). The third-order valence-corrected chi connectivity index (χ3v) is 5.01. The predicted octanol–water partition coefficient (Wildman–Crippen LogP) is 3.49. The third-order valence-electron chi connectivity index (χ3n) is 3.63. The molecule has 1 saturated carbocycles. The van der Waals surface area contributed by atoms with E-state index in [0.717, 1.165) is 17.5 Å². The second kappa shape index (κ2) is 8.20. The molecule has 1 aromatic rings. The number of hydrogen-bond acceptors (Lipinski definition) is 3. The van der Waals surface area contributed by atoms with Gasteiger partial charge in [-0.05, 0) is 31.0 Å². The Balaban J connectivity index is 1.69. The number of amides is 1. The maximum Gasteiger partial charge on any atom is 0.251 e. The zero-order chi connectivity index (χ0) is 14.2. The number of hydrogen-bond donors (Lipinski definition) is 1. The van der Waals surface area contributed by atoms with Gasteiger partial charge in [0.15, 0.2) is 0 Å². The van der Waals surface area contributed by atoms with E-state index in [1.165, 1.54) is 32.1 Å². The highest BCUT2D eigenvalue weighted by Crippen LogP contribution is 2.27. The molecule has 1 amide bonds. The fourth-order valence-corrected chi connectivity index (χ4v) is 3.71. The quantitative estimate of drug-likeness (QED) is 0.816. The number of rotatable bonds is 6. The SMILES string of the molecule is COc1cccc(C(=O)NCCSC2CCCCC2)c1. The van der Waals surface area contributed by atoms with Gasteiger partial charge in [-0.15, -0.1) is 0 Å². The van der Waals surface area contributed by atoms with Crippen LogP contribution in [0.4, 0.5) is 0 Å². The van der Waals surface area contributed by atoms with Crippen molar-refractivity contribution >= 4 is 17.7 Å². The molecule has 0 bridgehead atoms. The first-order chi connectivity index (χ1) is 9.79. The number of benzene rings is 1. The van der Waals surface area contributed by atoms with Crippen LogP contribution in [0, 0.1) is 0 Å². The van der Waals surface area contributed by atoms with Crippen LogP contribution >= 0.6 is 11.8 Å². The van der Waals surface area contributed by atoms with Crippen LogP contribution in [0.3, 0.4) is 0 Å². The van der Waals surface area contributed by atoms with E-state index < -0.39 is 0 Å². The van der Waals surface area contributed by atoms with Crippen molar-refractivity contribution in [1.82, 2.24) is 5.32 Å². The van der Waals surface area contributed by atoms with Crippen molar-refractivity contribution in [3.05, 3.63) is 29.8 Å². The first kappa shape index (κ1) is 15.2. The molecule has 1 aromatic carbocycles. The number of thioether (sulfide) groups is 1. The predicted molar refractivity (Wildman–Crippen MR) is 84.7 cm³/mol. The van der Waals surface area contributed by atoms with Gasteiger partial charge < -0.3 is 10.1 Å². The molecule has 0 spiro atoms. The molecule has 1 aliphatic carbocycles. The molecular weight excluding hydrogens is 270 g/mol.